The van der Waals surface area contributed by atoms with E-state index >= 15 is 0 Å². The molecule has 0 spiro atoms. The third-order valence-corrected chi connectivity index (χ3v) is 5.72. The second-order valence-corrected chi connectivity index (χ2v) is 7.42. The number of hydrogen-bond acceptors (Lipinski definition) is 3. The van der Waals surface area contributed by atoms with E-state index in [2.05, 4.69) is 5.32 Å². The molecule has 0 radical (unpaired) electrons. The third-order valence-electron chi connectivity index (χ3n) is 4.93. The molecule has 1 unspecified atom stereocenters. The van der Waals surface area contributed by atoms with Crippen molar-refractivity contribution in [2.24, 2.45) is 0 Å². The number of benzene rings is 2. The van der Waals surface area contributed by atoms with Gasteiger partial charge in [0.2, 0.25) is 5.91 Å². The summed E-state index contributed by atoms with van der Waals surface area (Å²) in [5.74, 6) is 0.475. The minimum Gasteiger partial charge on any atom is -0.492 e. The Balaban J connectivity index is 1.50. The normalized spacial score (nSPS) is 18.8. The average molecular weight is 405 g/mol. The molecular weight excluding hydrogens is 387 g/mol. The number of rotatable bonds is 3. The maximum absolute atomic E-state index is 12.7. The minimum absolute atomic E-state index is 0.126. The van der Waals surface area contributed by atoms with Crippen molar-refractivity contribution in [2.45, 2.75) is 25.3 Å². The lowest BCUT2D eigenvalue weighted by atomic mass is 10.00. The summed E-state index contributed by atoms with van der Waals surface area (Å²) in [6.45, 7) is 1.18. The molecule has 1 atom stereocenters. The van der Waals surface area contributed by atoms with Crippen molar-refractivity contribution in [1.29, 1.82) is 0 Å². The molecule has 7 heteroatoms. The summed E-state index contributed by atoms with van der Waals surface area (Å²) in [7, 11) is 0. The van der Waals surface area contributed by atoms with Crippen LogP contribution in [-0.2, 0) is 4.79 Å². The molecule has 2 aromatic carbocycles. The first-order valence-corrected chi connectivity index (χ1v) is 9.62. The van der Waals surface area contributed by atoms with Crippen LogP contribution in [0, 0.1) is 0 Å². The molecule has 2 aliphatic heterocycles. The van der Waals surface area contributed by atoms with Crippen molar-refractivity contribution in [3.05, 3.63) is 57.6 Å². The van der Waals surface area contributed by atoms with Crippen LogP contribution in [0.3, 0.4) is 0 Å². The largest absolute Gasteiger partial charge is 0.492 e. The van der Waals surface area contributed by atoms with Crippen LogP contribution in [0.25, 0.3) is 0 Å². The molecule has 5 nitrogen and oxygen atoms in total. The van der Waals surface area contributed by atoms with Crippen LogP contribution >= 0.6 is 23.2 Å². The number of carbonyl (C=O) groups excluding carboxylic acids is 2. The van der Waals surface area contributed by atoms with Gasteiger partial charge in [0.15, 0.2) is 0 Å². The lowest BCUT2D eigenvalue weighted by Crippen LogP contribution is -2.32. The van der Waals surface area contributed by atoms with Gasteiger partial charge in [0.25, 0.3) is 5.91 Å². The molecule has 2 aromatic rings. The fourth-order valence-electron chi connectivity index (χ4n) is 3.51. The van der Waals surface area contributed by atoms with Crippen LogP contribution in [0.2, 0.25) is 10.0 Å². The maximum atomic E-state index is 12.7. The molecule has 0 saturated carbocycles. The highest BCUT2D eigenvalue weighted by atomic mass is 35.5. The molecule has 140 valence electrons. The van der Waals surface area contributed by atoms with Crippen molar-refractivity contribution >= 4 is 40.7 Å². The van der Waals surface area contributed by atoms with E-state index in [1.165, 1.54) is 0 Å². The Labute approximate surface area is 167 Å². The number of anilines is 1. The Kier molecular flexibility index (Phi) is 4.98. The minimum atomic E-state index is -0.198. The predicted molar refractivity (Wildman–Crippen MR) is 105 cm³/mol. The SMILES string of the molecule is O=C(NC1CCOc2c1ccc(Cl)c2Cl)c1ccc(N2CCCC2=O)cc1. The van der Waals surface area contributed by atoms with Crippen LogP contribution in [0.4, 0.5) is 5.69 Å². The summed E-state index contributed by atoms with van der Waals surface area (Å²) in [4.78, 5) is 26.3. The van der Waals surface area contributed by atoms with Crippen molar-refractivity contribution in [3.63, 3.8) is 0 Å². The predicted octanol–water partition coefficient (Wildman–Crippen LogP) is 4.37. The monoisotopic (exact) mass is 404 g/mol. The number of amides is 2. The Bertz CT molecular complexity index is 899. The summed E-state index contributed by atoms with van der Waals surface area (Å²) in [6, 6.07) is 10.4. The lowest BCUT2D eigenvalue weighted by molar-refractivity contribution is -0.117. The molecule has 0 aliphatic carbocycles. The van der Waals surface area contributed by atoms with Crippen LogP contribution < -0.4 is 15.0 Å². The lowest BCUT2D eigenvalue weighted by Gasteiger charge is -2.27. The Morgan fingerprint density at radius 1 is 1.15 bits per heavy atom. The van der Waals surface area contributed by atoms with Gasteiger partial charge < -0.3 is 15.0 Å². The topological polar surface area (TPSA) is 58.6 Å². The fraction of sp³-hybridized carbons (Fsp3) is 0.300. The maximum Gasteiger partial charge on any atom is 0.251 e. The van der Waals surface area contributed by atoms with Gasteiger partial charge in [-0.15, -0.1) is 0 Å². The number of nitrogens with zero attached hydrogens (tertiary/aromatic N) is 1. The molecule has 2 amide bonds. The van der Waals surface area contributed by atoms with Gasteiger partial charge in [-0.3, -0.25) is 9.59 Å². The van der Waals surface area contributed by atoms with E-state index in [9.17, 15) is 9.59 Å². The van der Waals surface area contributed by atoms with E-state index < -0.39 is 0 Å². The van der Waals surface area contributed by atoms with Gasteiger partial charge in [0, 0.05) is 36.2 Å². The molecule has 0 bridgehead atoms. The van der Waals surface area contributed by atoms with Gasteiger partial charge in [-0.05, 0) is 36.8 Å². The van der Waals surface area contributed by atoms with Gasteiger partial charge in [-0.2, -0.15) is 0 Å². The van der Waals surface area contributed by atoms with E-state index in [1.807, 2.05) is 18.2 Å². The number of carbonyl (C=O) groups is 2. The van der Waals surface area contributed by atoms with Crippen molar-refractivity contribution in [3.8, 4) is 5.75 Å². The molecule has 2 aliphatic rings. The quantitative estimate of drug-likeness (QED) is 0.825. The molecule has 1 saturated heterocycles. The molecule has 1 fully saturated rings. The van der Waals surface area contributed by atoms with Crippen molar-refractivity contribution in [1.82, 2.24) is 5.32 Å². The standard InChI is InChI=1S/C20H18Cl2N2O3/c21-15-8-7-14-16(9-11-27-19(14)18(15)22)23-20(26)12-3-5-13(6-4-12)24-10-1-2-17(24)25/h3-8,16H,1-2,9-11H2,(H,23,26). The first kappa shape index (κ1) is 18.1. The summed E-state index contributed by atoms with van der Waals surface area (Å²) in [5, 5.41) is 3.83. The Hall–Kier alpha value is -2.24. The highest BCUT2D eigenvalue weighted by Crippen LogP contribution is 2.41. The Morgan fingerprint density at radius 2 is 1.93 bits per heavy atom. The second-order valence-electron chi connectivity index (χ2n) is 6.64. The fourth-order valence-corrected chi connectivity index (χ4v) is 3.88. The van der Waals surface area contributed by atoms with Gasteiger partial charge >= 0.3 is 0 Å². The van der Waals surface area contributed by atoms with Gasteiger partial charge in [-0.1, -0.05) is 29.3 Å². The zero-order valence-electron chi connectivity index (χ0n) is 14.5. The van der Waals surface area contributed by atoms with E-state index in [4.69, 9.17) is 27.9 Å². The van der Waals surface area contributed by atoms with E-state index in [0.717, 1.165) is 24.2 Å². The zero-order chi connectivity index (χ0) is 19.0. The molecule has 27 heavy (non-hydrogen) atoms. The summed E-state index contributed by atoms with van der Waals surface area (Å²) in [6.07, 6.45) is 2.10. The molecule has 1 N–H and O–H groups in total. The number of ether oxygens (including phenoxy) is 1. The van der Waals surface area contributed by atoms with Gasteiger partial charge in [0.1, 0.15) is 10.8 Å². The molecular formula is C20H18Cl2N2O3. The number of halogens is 2. The number of fused-ring (bicyclic) bond motifs is 1. The summed E-state index contributed by atoms with van der Waals surface area (Å²) >= 11 is 12.3. The Morgan fingerprint density at radius 3 is 2.63 bits per heavy atom. The van der Waals surface area contributed by atoms with Gasteiger partial charge in [-0.25, -0.2) is 0 Å². The first-order valence-electron chi connectivity index (χ1n) is 8.86. The van der Waals surface area contributed by atoms with Crippen LogP contribution in [-0.4, -0.2) is 25.0 Å². The highest BCUT2D eigenvalue weighted by molar-refractivity contribution is 6.43. The van der Waals surface area contributed by atoms with Crippen LogP contribution in [0.1, 0.15) is 41.2 Å². The number of hydrogen-bond donors (Lipinski definition) is 1. The third kappa shape index (κ3) is 3.49. The van der Waals surface area contributed by atoms with Crippen molar-refractivity contribution < 1.29 is 14.3 Å². The molecule has 0 aromatic heterocycles. The smallest absolute Gasteiger partial charge is 0.251 e. The number of nitrogens with one attached hydrogen (secondary N) is 1. The summed E-state index contributed by atoms with van der Waals surface area (Å²) in [5.41, 5.74) is 2.19. The summed E-state index contributed by atoms with van der Waals surface area (Å²) < 4.78 is 5.63. The highest BCUT2D eigenvalue weighted by Gasteiger charge is 2.27. The first-order chi connectivity index (χ1) is 13.0. The van der Waals surface area contributed by atoms with Crippen LogP contribution in [0.15, 0.2) is 36.4 Å². The molecule has 4 rings (SSSR count). The van der Waals surface area contributed by atoms with Crippen molar-refractivity contribution in [2.75, 3.05) is 18.1 Å². The van der Waals surface area contributed by atoms with E-state index in [1.54, 1.807) is 23.1 Å². The van der Waals surface area contributed by atoms with Crippen LogP contribution in [0.5, 0.6) is 5.75 Å². The van der Waals surface area contributed by atoms with E-state index in [0.29, 0.717) is 40.8 Å². The second kappa shape index (κ2) is 7.41. The van der Waals surface area contributed by atoms with E-state index in [-0.39, 0.29) is 17.9 Å². The molecule has 2 heterocycles. The zero-order valence-corrected chi connectivity index (χ0v) is 16.0. The average Bonchev–Trinajstić information content (AvgIpc) is 3.11. The van der Waals surface area contributed by atoms with Gasteiger partial charge in [0.05, 0.1) is 17.7 Å².